The highest BCUT2D eigenvalue weighted by molar-refractivity contribution is 7.90. The first-order valence-corrected chi connectivity index (χ1v) is 12.4. The van der Waals surface area contributed by atoms with Gasteiger partial charge in [0.05, 0.1) is 36.8 Å². The summed E-state index contributed by atoms with van der Waals surface area (Å²) in [5, 5.41) is -0.137. The fraction of sp³-hybridized carbons (Fsp3) is 0.478. The fourth-order valence-electron chi connectivity index (χ4n) is 3.79. The Hall–Kier alpha value is -2.52. The lowest BCUT2D eigenvalue weighted by Gasteiger charge is -2.24. The first kappa shape index (κ1) is 24.1. The van der Waals surface area contributed by atoms with Crippen LogP contribution in [0.3, 0.4) is 0 Å². The Morgan fingerprint density at radius 2 is 2.16 bits per heavy atom. The van der Waals surface area contributed by atoms with E-state index >= 15 is 0 Å². The number of hydrogen-bond acceptors (Lipinski definition) is 5. The van der Waals surface area contributed by atoms with Gasteiger partial charge in [-0.1, -0.05) is 38.1 Å². The van der Waals surface area contributed by atoms with Crippen molar-refractivity contribution in [3.05, 3.63) is 60.2 Å². The fourth-order valence-corrected chi connectivity index (χ4v) is 5.30. The van der Waals surface area contributed by atoms with Gasteiger partial charge in [-0.05, 0) is 18.9 Å². The van der Waals surface area contributed by atoms with Crippen LogP contribution in [-0.4, -0.2) is 48.0 Å². The van der Waals surface area contributed by atoms with Gasteiger partial charge in [-0.2, -0.15) is 0 Å². The maximum atomic E-state index is 14.1. The zero-order valence-electron chi connectivity index (χ0n) is 18.5. The van der Waals surface area contributed by atoms with Gasteiger partial charge in [0.2, 0.25) is 20.9 Å². The monoisotopic (exact) mass is 463 g/mol. The topological polar surface area (TPSA) is 81.5 Å². The summed E-state index contributed by atoms with van der Waals surface area (Å²) in [5.74, 6) is -1.35. The van der Waals surface area contributed by atoms with Gasteiger partial charge in [-0.15, -0.1) is 6.58 Å². The Kier molecular flexibility index (Phi) is 7.84. The van der Waals surface area contributed by atoms with Crippen molar-refractivity contribution in [2.75, 3.05) is 13.2 Å². The van der Waals surface area contributed by atoms with Gasteiger partial charge in [0, 0.05) is 24.6 Å². The van der Waals surface area contributed by atoms with Crippen LogP contribution in [0.4, 0.5) is 4.39 Å². The quantitative estimate of drug-likeness (QED) is 0.505. The summed E-state index contributed by atoms with van der Waals surface area (Å²) in [6, 6.07) is 5.80. The summed E-state index contributed by atoms with van der Waals surface area (Å²) in [6.45, 7) is 8.80. The summed E-state index contributed by atoms with van der Waals surface area (Å²) in [4.78, 5) is 18.5. The van der Waals surface area contributed by atoms with Gasteiger partial charge in [-0.25, -0.2) is 17.8 Å². The standard InChI is InChI=1S/C23H30FN3O4S/c1-4-11-26(22(28)17(2)3)14-19-13-25-23(27(19)15-20-9-7-12-31-20)32(29,30)16-18-8-5-6-10-21(18)24/h4-6,8,10,13,17,20H,1,7,9,11-12,14-16H2,2-3H3. The number of carbonyl (C=O) groups is 1. The van der Waals surface area contributed by atoms with E-state index in [0.29, 0.717) is 25.4 Å². The zero-order chi connectivity index (χ0) is 23.3. The molecule has 32 heavy (non-hydrogen) atoms. The molecule has 1 fully saturated rings. The molecule has 174 valence electrons. The molecule has 0 spiro atoms. The van der Waals surface area contributed by atoms with Crippen molar-refractivity contribution in [2.45, 2.75) is 56.8 Å². The van der Waals surface area contributed by atoms with Gasteiger partial charge >= 0.3 is 0 Å². The number of imidazole rings is 1. The molecule has 1 aromatic carbocycles. The number of carbonyl (C=O) groups excluding carboxylic acids is 1. The van der Waals surface area contributed by atoms with E-state index in [1.54, 1.807) is 21.6 Å². The lowest BCUT2D eigenvalue weighted by atomic mass is 10.2. The van der Waals surface area contributed by atoms with E-state index in [4.69, 9.17) is 4.74 Å². The number of halogens is 1. The molecule has 1 aliphatic rings. The molecule has 7 nitrogen and oxygen atoms in total. The highest BCUT2D eigenvalue weighted by Crippen LogP contribution is 2.23. The number of hydrogen-bond donors (Lipinski definition) is 0. The number of ether oxygens (including phenoxy) is 1. The van der Waals surface area contributed by atoms with Crippen LogP contribution in [-0.2, 0) is 38.2 Å². The van der Waals surface area contributed by atoms with E-state index < -0.39 is 21.4 Å². The number of rotatable bonds is 10. The molecule has 0 aliphatic carbocycles. The van der Waals surface area contributed by atoms with Crippen molar-refractivity contribution >= 4 is 15.7 Å². The van der Waals surface area contributed by atoms with Gasteiger partial charge < -0.3 is 14.2 Å². The molecule has 1 atom stereocenters. The Balaban J connectivity index is 1.97. The number of sulfone groups is 1. The molecule has 1 amide bonds. The van der Waals surface area contributed by atoms with Crippen LogP contribution in [0, 0.1) is 11.7 Å². The van der Waals surface area contributed by atoms with Crippen molar-refractivity contribution in [1.82, 2.24) is 14.5 Å². The molecule has 0 N–H and O–H groups in total. The van der Waals surface area contributed by atoms with E-state index in [1.165, 1.54) is 24.4 Å². The van der Waals surface area contributed by atoms with Crippen molar-refractivity contribution in [2.24, 2.45) is 5.92 Å². The molecular weight excluding hydrogens is 433 g/mol. The summed E-state index contributed by atoms with van der Waals surface area (Å²) < 4.78 is 47.9. The third-order valence-corrected chi connectivity index (χ3v) is 6.97. The van der Waals surface area contributed by atoms with Crippen LogP contribution in [0.25, 0.3) is 0 Å². The molecule has 0 bridgehead atoms. The third-order valence-electron chi connectivity index (χ3n) is 5.40. The Bertz CT molecular complexity index is 1060. The first-order chi connectivity index (χ1) is 15.2. The van der Waals surface area contributed by atoms with Crippen LogP contribution < -0.4 is 0 Å². The molecule has 3 rings (SSSR count). The Morgan fingerprint density at radius 1 is 1.41 bits per heavy atom. The number of aromatic nitrogens is 2. The van der Waals surface area contributed by atoms with Crippen molar-refractivity contribution in [1.29, 1.82) is 0 Å². The summed E-state index contributed by atoms with van der Waals surface area (Å²) in [5.41, 5.74) is 0.674. The Morgan fingerprint density at radius 3 is 2.78 bits per heavy atom. The van der Waals surface area contributed by atoms with Crippen molar-refractivity contribution in [3.63, 3.8) is 0 Å². The predicted octanol–water partition coefficient (Wildman–Crippen LogP) is 3.35. The van der Waals surface area contributed by atoms with E-state index in [1.807, 2.05) is 13.8 Å². The maximum absolute atomic E-state index is 14.1. The minimum atomic E-state index is -3.94. The van der Waals surface area contributed by atoms with Crippen LogP contribution in [0.15, 0.2) is 48.3 Å². The minimum absolute atomic E-state index is 0.0643. The average Bonchev–Trinajstić information content (AvgIpc) is 3.39. The smallest absolute Gasteiger partial charge is 0.228 e. The van der Waals surface area contributed by atoms with Gasteiger partial charge in [0.1, 0.15) is 5.82 Å². The number of benzene rings is 1. The molecule has 0 saturated carbocycles. The van der Waals surface area contributed by atoms with Crippen LogP contribution in [0.5, 0.6) is 0 Å². The summed E-state index contributed by atoms with van der Waals surface area (Å²) in [7, 11) is -3.94. The molecule has 0 radical (unpaired) electrons. The number of nitrogens with zero attached hydrogens (tertiary/aromatic N) is 3. The van der Waals surface area contributed by atoms with E-state index in [9.17, 15) is 17.6 Å². The molecule has 1 saturated heterocycles. The highest BCUT2D eigenvalue weighted by atomic mass is 32.2. The highest BCUT2D eigenvalue weighted by Gasteiger charge is 2.29. The molecule has 9 heteroatoms. The molecular formula is C23H30FN3O4S. The molecule has 1 aromatic heterocycles. The van der Waals surface area contributed by atoms with Crippen LogP contribution >= 0.6 is 0 Å². The lowest BCUT2D eigenvalue weighted by Crippen LogP contribution is -2.35. The maximum Gasteiger partial charge on any atom is 0.228 e. The minimum Gasteiger partial charge on any atom is -0.376 e. The second kappa shape index (κ2) is 10.4. The van der Waals surface area contributed by atoms with Crippen LogP contribution in [0.1, 0.15) is 37.9 Å². The SMILES string of the molecule is C=CCN(Cc1cnc(S(=O)(=O)Cc2ccccc2F)n1CC1CCCO1)C(=O)C(C)C. The third kappa shape index (κ3) is 5.63. The van der Waals surface area contributed by atoms with Crippen LogP contribution in [0.2, 0.25) is 0 Å². The lowest BCUT2D eigenvalue weighted by molar-refractivity contribution is -0.134. The zero-order valence-corrected chi connectivity index (χ0v) is 19.4. The van der Waals surface area contributed by atoms with Crippen molar-refractivity contribution < 1.29 is 22.3 Å². The van der Waals surface area contributed by atoms with Gasteiger partial charge in [0.25, 0.3) is 0 Å². The normalized spacial score (nSPS) is 16.4. The Labute approximate surface area is 188 Å². The van der Waals surface area contributed by atoms with Crippen molar-refractivity contribution in [3.8, 4) is 0 Å². The second-order valence-electron chi connectivity index (χ2n) is 8.29. The van der Waals surface area contributed by atoms with Gasteiger partial charge in [-0.3, -0.25) is 4.79 Å². The average molecular weight is 464 g/mol. The summed E-state index contributed by atoms with van der Waals surface area (Å²) >= 11 is 0. The van der Waals surface area contributed by atoms with E-state index in [-0.39, 0.29) is 35.2 Å². The van der Waals surface area contributed by atoms with E-state index in [2.05, 4.69) is 11.6 Å². The summed E-state index contributed by atoms with van der Waals surface area (Å²) in [6.07, 6.45) is 4.69. The molecule has 2 heterocycles. The molecule has 2 aromatic rings. The molecule has 1 unspecified atom stereocenters. The predicted molar refractivity (Wildman–Crippen MR) is 119 cm³/mol. The van der Waals surface area contributed by atoms with Gasteiger partial charge in [0.15, 0.2) is 0 Å². The van der Waals surface area contributed by atoms with E-state index in [0.717, 1.165) is 12.8 Å². The molecule has 1 aliphatic heterocycles. The second-order valence-corrected chi connectivity index (χ2v) is 10.2. The largest absolute Gasteiger partial charge is 0.376 e. The number of amides is 1. The first-order valence-electron chi connectivity index (χ1n) is 10.7.